The molecule has 3 aliphatic rings. The summed E-state index contributed by atoms with van der Waals surface area (Å²) in [5.41, 5.74) is 15.8. The van der Waals surface area contributed by atoms with Crippen LogP contribution in [0.4, 0.5) is 0 Å². The van der Waals surface area contributed by atoms with Crippen LogP contribution < -0.4 is 33.2 Å². The summed E-state index contributed by atoms with van der Waals surface area (Å²) in [4.78, 5) is 12.7. The molecular formula is C27H54N6O13. The number of hydrogen-bond donors (Lipinski definition) is 14. The largest absolute Gasteiger partial charge is 0.392 e. The second kappa shape index (κ2) is 17.4. The van der Waals surface area contributed by atoms with Gasteiger partial charge in [0.15, 0.2) is 12.6 Å². The monoisotopic (exact) mass is 670 g/mol. The van der Waals surface area contributed by atoms with Crippen LogP contribution in [0.25, 0.3) is 0 Å². The number of aliphatic hydroxyl groups excluding tert-OH is 7. The van der Waals surface area contributed by atoms with Crippen molar-refractivity contribution in [2.24, 2.45) is 17.2 Å². The number of amides is 1. The van der Waals surface area contributed by atoms with Crippen LogP contribution in [0.2, 0.25) is 0 Å². The normalized spacial score (nSPS) is 43.2. The van der Waals surface area contributed by atoms with Gasteiger partial charge in [-0.2, -0.15) is 0 Å². The maximum Gasteiger partial charge on any atom is 0.249 e. The van der Waals surface area contributed by atoms with Gasteiger partial charge in [0, 0.05) is 19.1 Å². The molecule has 46 heavy (non-hydrogen) atoms. The van der Waals surface area contributed by atoms with Gasteiger partial charge in [-0.25, -0.2) is 0 Å². The van der Waals surface area contributed by atoms with Crippen molar-refractivity contribution in [1.29, 1.82) is 0 Å². The summed E-state index contributed by atoms with van der Waals surface area (Å²) in [5, 5.41) is 93.3. The number of likely N-dealkylation sites (N-methyl/N-ethyl adjacent to an activating group) is 1. The van der Waals surface area contributed by atoms with Crippen molar-refractivity contribution in [3.8, 4) is 0 Å². The van der Waals surface area contributed by atoms with Crippen LogP contribution in [0, 0.1) is 0 Å². The Morgan fingerprint density at radius 1 is 0.957 bits per heavy atom. The number of ether oxygens (including phenoxy) is 4. The average molecular weight is 671 g/mol. The number of carbonyl (C=O) groups excluding carboxylic acids is 1. The van der Waals surface area contributed by atoms with E-state index in [9.17, 15) is 45.6 Å². The SMILES string of the molecule is CN[C@@H]1[C@@H](O)[C@@H](O[C@H]2[C@H](NC(=O)[C@@H](O)CCN)C[C@H](N)C(O[C@H]3O[C@H](CNCC(O)CCN)[C@@H](O)[C@H](O)[C@H]3O)[C@@H]2O)OC[C@]1(C)O. The molecule has 2 saturated heterocycles. The van der Waals surface area contributed by atoms with Crippen molar-refractivity contribution in [3.05, 3.63) is 0 Å². The number of rotatable bonds is 15. The summed E-state index contributed by atoms with van der Waals surface area (Å²) in [7, 11) is 1.52. The molecule has 0 aromatic rings. The van der Waals surface area contributed by atoms with Crippen LogP contribution in [0.15, 0.2) is 0 Å². The van der Waals surface area contributed by atoms with Crippen LogP contribution in [-0.2, 0) is 23.7 Å². The highest BCUT2D eigenvalue weighted by atomic mass is 16.7. The summed E-state index contributed by atoms with van der Waals surface area (Å²) in [6.45, 7) is 1.56. The highest BCUT2D eigenvalue weighted by Gasteiger charge is 2.53. The van der Waals surface area contributed by atoms with E-state index in [1.807, 2.05) is 0 Å². The molecule has 17 N–H and O–H groups in total. The van der Waals surface area contributed by atoms with Crippen LogP contribution >= 0.6 is 0 Å². The molecule has 3 fully saturated rings. The van der Waals surface area contributed by atoms with E-state index >= 15 is 0 Å². The van der Waals surface area contributed by atoms with Crippen LogP contribution in [0.3, 0.4) is 0 Å². The smallest absolute Gasteiger partial charge is 0.249 e. The number of nitrogens with one attached hydrogen (secondary N) is 3. The second-order valence-corrected chi connectivity index (χ2v) is 12.5. The molecule has 2 heterocycles. The molecule has 270 valence electrons. The molecule has 0 radical (unpaired) electrons. The van der Waals surface area contributed by atoms with Gasteiger partial charge >= 0.3 is 0 Å². The molecular weight excluding hydrogens is 616 g/mol. The van der Waals surface area contributed by atoms with Gasteiger partial charge in [0.2, 0.25) is 5.91 Å². The molecule has 16 atom stereocenters. The lowest BCUT2D eigenvalue weighted by Gasteiger charge is -2.49. The molecule has 2 unspecified atom stereocenters. The Labute approximate surface area is 267 Å². The molecule has 2 aliphatic heterocycles. The third-order valence-corrected chi connectivity index (χ3v) is 8.71. The Balaban J connectivity index is 1.80. The molecule has 1 aliphatic carbocycles. The van der Waals surface area contributed by atoms with E-state index in [-0.39, 0.29) is 45.6 Å². The number of hydrogen-bond acceptors (Lipinski definition) is 18. The van der Waals surface area contributed by atoms with Crippen molar-refractivity contribution in [1.82, 2.24) is 16.0 Å². The van der Waals surface area contributed by atoms with E-state index in [1.165, 1.54) is 14.0 Å². The third kappa shape index (κ3) is 9.48. The van der Waals surface area contributed by atoms with Gasteiger partial charge in [0.25, 0.3) is 0 Å². The Kier molecular flexibility index (Phi) is 14.9. The minimum absolute atomic E-state index is 0.0275. The number of nitrogens with two attached hydrogens (primary N) is 3. The van der Waals surface area contributed by atoms with Gasteiger partial charge in [-0.15, -0.1) is 0 Å². The molecule has 19 nitrogen and oxygen atoms in total. The summed E-state index contributed by atoms with van der Waals surface area (Å²) in [6, 6.07) is -2.98. The molecule has 0 spiro atoms. The molecule has 1 saturated carbocycles. The van der Waals surface area contributed by atoms with E-state index in [0.717, 1.165) is 0 Å². The van der Waals surface area contributed by atoms with E-state index in [1.54, 1.807) is 0 Å². The lowest BCUT2D eigenvalue weighted by Crippen LogP contribution is -2.70. The van der Waals surface area contributed by atoms with Crippen LogP contribution in [0.1, 0.15) is 26.2 Å². The summed E-state index contributed by atoms with van der Waals surface area (Å²) >= 11 is 0. The summed E-state index contributed by atoms with van der Waals surface area (Å²) in [5.74, 6) is -0.806. The zero-order valence-electron chi connectivity index (χ0n) is 26.2. The Bertz CT molecular complexity index is 943. The van der Waals surface area contributed by atoms with Gasteiger partial charge in [0.05, 0.1) is 24.8 Å². The highest BCUT2D eigenvalue weighted by Crippen LogP contribution is 2.32. The zero-order chi connectivity index (χ0) is 34.3. The predicted molar refractivity (Wildman–Crippen MR) is 158 cm³/mol. The Morgan fingerprint density at radius 3 is 2.24 bits per heavy atom. The molecule has 0 bridgehead atoms. The number of aliphatic hydroxyl groups is 8. The quantitative estimate of drug-likeness (QED) is 0.0769. The van der Waals surface area contributed by atoms with E-state index in [2.05, 4.69) is 16.0 Å². The zero-order valence-corrected chi connectivity index (χ0v) is 26.2. The minimum atomic E-state index is -1.76. The minimum Gasteiger partial charge on any atom is -0.392 e. The topological polar surface area (TPSA) is 330 Å². The van der Waals surface area contributed by atoms with Gasteiger partial charge in [-0.3, -0.25) is 4.79 Å². The first-order valence-corrected chi connectivity index (χ1v) is 15.6. The van der Waals surface area contributed by atoms with Crippen LogP contribution in [0.5, 0.6) is 0 Å². The fourth-order valence-corrected chi connectivity index (χ4v) is 6.07. The van der Waals surface area contributed by atoms with E-state index in [4.69, 9.17) is 36.1 Å². The molecule has 3 rings (SSSR count). The first kappa shape index (κ1) is 39.2. The van der Waals surface area contributed by atoms with Crippen molar-refractivity contribution in [3.63, 3.8) is 0 Å². The summed E-state index contributed by atoms with van der Waals surface area (Å²) < 4.78 is 23.3. The lowest BCUT2D eigenvalue weighted by atomic mass is 9.83. The molecule has 1 amide bonds. The fourth-order valence-electron chi connectivity index (χ4n) is 6.07. The first-order chi connectivity index (χ1) is 21.7. The first-order valence-electron chi connectivity index (χ1n) is 15.6. The molecule has 19 heteroatoms. The standard InChI is InChI=1S/C27H54N6O13/c1-27(42)10-43-25(20(40)23(27)31-2)46-22-13(33-24(41)14(35)4-6-29)7-12(30)21(19(22)39)45-26-18(38)17(37)16(36)15(44-26)9-32-8-11(34)3-5-28/h11-23,25-26,31-32,34-40,42H,3-10,28-30H2,1-2H3,(H,33,41)/t11?,12-,13+,14-,15+,16+,17-,18+,19-,20+,21?,22-,23+,25+,26+,27-/m0/s1. The fraction of sp³-hybridized carbons (Fsp3) is 0.963. The number of carbonyl (C=O) groups is 1. The van der Waals surface area contributed by atoms with Crippen molar-refractivity contribution >= 4 is 5.91 Å². The van der Waals surface area contributed by atoms with Gasteiger partial charge in [-0.05, 0) is 46.3 Å². The van der Waals surface area contributed by atoms with E-state index < -0.39 is 103 Å². The van der Waals surface area contributed by atoms with Gasteiger partial charge in [0.1, 0.15) is 60.5 Å². The highest BCUT2D eigenvalue weighted by molar-refractivity contribution is 5.80. The van der Waals surface area contributed by atoms with Crippen molar-refractivity contribution in [2.45, 2.75) is 124 Å². The maximum absolute atomic E-state index is 12.7. The Morgan fingerprint density at radius 2 is 1.61 bits per heavy atom. The van der Waals surface area contributed by atoms with Gasteiger partial charge in [-0.1, -0.05) is 0 Å². The van der Waals surface area contributed by atoms with Crippen molar-refractivity contribution < 1.29 is 64.6 Å². The third-order valence-electron chi connectivity index (χ3n) is 8.71. The molecule has 0 aromatic carbocycles. The molecule has 0 aromatic heterocycles. The lowest BCUT2D eigenvalue weighted by molar-refractivity contribution is -0.331. The predicted octanol–water partition coefficient (Wildman–Crippen LogP) is -7.79. The van der Waals surface area contributed by atoms with E-state index in [0.29, 0.717) is 6.42 Å². The van der Waals surface area contributed by atoms with Crippen molar-refractivity contribution in [2.75, 3.05) is 39.8 Å². The maximum atomic E-state index is 12.7. The van der Waals surface area contributed by atoms with Crippen LogP contribution in [-0.4, -0.2) is 184 Å². The second-order valence-electron chi connectivity index (χ2n) is 12.5. The average Bonchev–Trinajstić information content (AvgIpc) is 2.99. The Hall–Kier alpha value is -1.21. The summed E-state index contributed by atoms with van der Waals surface area (Å²) in [6.07, 6.45) is -17.0. The van der Waals surface area contributed by atoms with Gasteiger partial charge < -0.3 is 93.0 Å².